The van der Waals surface area contributed by atoms with Crippen LogP contribution in [0.15, 0.2) is 17.1 Å². The lowest BCUT2D eigenvalue weighted by molar-refractivity contribution is 0.496. The number of rotatable bonds is 1. The first-order valence-electron chi connectivity index (χ1n) is 5.02. The van der Waals surface area contributed by atoms with Crippen molar-refractivity contribution in [1.82, 2.24) is 0 Å². The molecule has 6 heteroatoms. The standard InChI is InChI=1S/C11H11F3N2S/c1-11(2)5-17-10(16-11)15-9-4-7(13)6(12)3-8(9)14/h3-4H,5H2,1-2H3,(H,15,16). The predicted octanol–water partition coefficient (Wildman–Crippen LogP) is 3.40. The van der Waals surface area contributed by atoms with Crippen molar-refractivity contribution in [3.05, 3.63) is 29.6 Å². The molecule has 17 heavy (non-hydrogen) atoms. The van der Waals surface area contributed by atoms with Crippen LogP contribution in [0.25, 0.3) is 0 Å². The molecule has 0 saturated heterocycles. The summed E-state index contributed by atoms with van der Waals surface area (Å²) in [7, 11) is 0. The van der Waals surface area contributed by atoms with Gasteiger partial charge in [-0.1, -0.05) is 11.8 Å². The number of benzene rings is 1. The molecule has 0 saturated carbocycles. The fraction of sp³-hybridized carbons (Fsp3) is 0.364. The Morgan fingerprint density at radius 2 is 1.82 bits per heavy atom. The Hall–Kier alpha value is -1.17. The molecular formula is C11H11F3N2S. The van der Waals surface area contributed by atoms with Gasteiger partial charge in [0.2, 0.25) is 0 Å². The summed E-state index contributed by atoms with van der Waals surface area (Å²) >= 11 is 1.42. The molecule has 0 radical (unpaired) electrons. The van der Waals surface area contributed by atoms with Gasteiger partial charge in [0.1, 0.15) is 5.82 Å². The zero-order valence-corrected chi connectivity index (χ0v) is 10.2. The Labute approximate surface area is 101 Å². The topological polar surface area (TPSA) is 24.4 Å². The van der Waals surface area contributed by atoms with Crippen LogP contribution in [0.1, 0.15) is 13.8 Å². The molecule has 92 valence electrons. The van der Waals surface area contributed by atoms with Crippen molar-refractivity contribution in [1.29, 1.82) is 0 Å². The predicted molar refractivity (Wildman–Crippen MR) is 63.9 cm³/mol. The number of aliphatic imine (C=N–C) groups is 1. The highest BCUT2D eigenvalue weighted by Crippen LogP contribution is 2.28. The van der Waals surface area contributed by atoms with Crippen molar-refractivity contribution in [2.75, 3.05) is 11.1 Å². The van der Waals surface area contributed by atoms with E-state index in [4.69, 9.17) is 0 Å². The van der Waals surface area contributed by atoms with Crippen LogP contribution in [0.5, 0.6) is 0 Å². The second-order valence-corrected chi connectivity index (χ2v) is 5.35. The van der Waals surface area contributed by atoms with Crippen LogP contribution in [-0.4, -0.2) is 16.5 Å². The number of nitrogens with one attached hydrogen (secondary N) is 1. The molecule has 0 amide bonds. The average molecular weight is 260 g/mol. The third-order valence-corrected chi connectivity index (χ3v) is 3.54. The SMILES string of the molecule is CC1(C)CSC(Nc2cc(F)c(F)cc2F)=N1. The first-order chi connectivity index (χ1) is 7.87. The van der Waals surface area contributed by atoms with E-state index < -0.39 is 17.5 Å². The molecule has 2 nitrogen and oxygen atoms in total. The molecule has 1 aliphatic rings. The second kappa shape index (κ2) is 4.25. The van der Waals surface area contributed by atoms with Crippen LogP contribution < -0.4 is 5.32 Å². The fourth-order valence-corrected chi connectivity index (χ4v) is 2.43. The van der Waals surface area contributed by atoms with E-state index in [1.165, 1.54) is 11.8 Å². The number of halogens is 3. The minimum atomic E-state index is -1.20. The third-order valence-electron chi connectivity index (χ3n) is 2.22. The van der Waals surface area contributed by atoms with Gasteiger partial charge in [0, 0.05) is 17.9 Å². The van der Waals surface area contributed by atoms with Crippen LogP contribution >= 0.6 is 11.8 Å². The Morgan fingerprint density at radius 3 is 2.41 bits per heavy atom. The molecule has 0 spiro atoms. The van der Waals surface area contributed by atoms with E-state index in [-0.39, 0.29) is 11.2 Å². The van der Waals surface area contributed by atoms with E-state index in [0.29, 0.717) is 11.2 Å². The fourth-order valence-electron chi connectivity index (χ4n) is 1.38. The smallest absolute Gasteiger partial charge is 0.161 e. The van der Waals surface area contributed by atoms with Gasteiger partial charge in [0.15, 0.2) is 16.8 Å². The van der Waals surface area contributed by atoms with Gasteiger partial charge in [0.05, 0.1) is 11.2 Å². The summed E-state index contributed by atoms with van der Waals surface area (Å²) in [5, 5.41) is 3.18. The van der Waals surface area contributed by atoms with Gasteiger partial charge in [-0.3, -0.25) is 4.99 Å². The minimum Gasteiger partial charge on any atom is -0.332 e. The first-order valence-corrected chi connectivity index (χ1v) is 6.00. The van der Waals surface area contributed by atoms with E-state index in [1.54, 1.807) is 0 Å². The molecule has 1 aliphatic heterocycles. The molecule has 1 aromatic carbocycles. The van der Waals surface area contributed by atoms with Crippen molar-refractivity contribution >= 4 is 22.6 Å². The van der Waals surface area contributed by atoms with Gasteiger partial charge in [-0.15, -0.1) is 0 Å². The monoisotopic (exact) mass is 260 g/mol. The lowest BCUT2D eigenvalue weighted by Gasteiger charge is -2.09. The lowest BCUT2D eigenvalue weighted by atomic mass is 10.1. The zero-order chi connectivity index (χ0) is 12.6. The summed E-state index contributed by atoms with van der Waals surface area (Å²) in [4.78, 5) is 4.29. The molecule has 1 aromatic rings. The summed E-state index contributed by atoms with van der Waals surface area (Å²) in [6.45, 7) is 3.88. The second-order valence-electron chi connectivity index (χ2n) is 4.39. The van der Waals surface area contributed by atoms with Crippen LogP contribution in [0.4, 0.5) is 18.9 Å². The minimum absolute atomic E-state index is 0.104. The quantitative estimate of drug-likeness (QED) is 0.783. The van der Waals surface area contributed by atoms with Crippen LogP contribution in [0.2, 0.25) is 0 Å². The van der Waals surface area contributed by atoms with Crippen LogP contribution in [-0.2, 0) is 0 Å². The van der Waals surface area contributed by atoms with Gasteiger partial charge < -0.3 is 5.32 Å². The van der Waals surface area contributed by atoms with E-state index in [1.807, 2.05) is 13.8 Å². The number of nitrogens with zero attached hydrogens (tertiary/aromatic N) is 1. The molecule has 0 aromatic heterocycles. The highest BCUT2D eigenvalue weighted by atomic mass is 32.2. The molecule has 0 unspecified atom stereocenters. The van der Waals surface area contributed by atoms with Crippen LogP contribution in [0.3, 0.4) is 0 Å². The molecule has 1 N–H and O–H groups in total. The summed E-state index contributed by atoms with van der Waals surface area (Å²) in [6.07, 6.45) is 0. The number of hydrogen-bond donors (Lipinski definition) is 1. The maximum atomic E-state index is 13.3. The van der Waals surface area contributed by atoms with Gasteiger partial charge in [-0.05, 0) is 13.8 Å². The van der Waals surface area contributed by atoms with Gasteiger partial charge in [-0.2, -0.15) is 0 Å². The Morgan fingerprint density at radius 1 is 1.18 bits per heavy atom. The third kappa shape index (κ3) is 2.74. The number of amidine groups is 1. The Kier molecular flexibility index (Phi) is 3.07. The maximum absolute atomic E-state index is 13.3. The molecule has 0 atom stereocenters. The average Bonchev–Trinajstić information content (AvgIpc) is 2.54. The largest absolute Gasteiger partial charge is 0.332 e. The summed E-state index contributed by atoms with van der Waals surface area (Å²) in [5.41, 5.74) is -0.324. The van der Waals surface area contributed by atoms with Crippen molar-refractivity contribution in [2.24, 2.45) is 4.99 Å². The van der Waals surface area contributed by atoms with Crippen molar-refractivity contribution in [3.8, 4) is 0 Å². The molecule has 0 aliphatic carbocycles. The molecule has 0 fully saturated rings. The van der Waals surface area contributed by atoms with Crippen molar-refractivity contribution < 1.29 is 13.2 Å². The number of thioether (sulfide) groups is 1. The first kappa shape index (κ1) is 12.3. The Balaban J connectivity index is 2.23. The molecule has 0 bridgehead atoms. The highest BCUT2D eigenvalue weighted by Gasteiger charge is 2.26. The van der Waals surface area contributed by atoms with Crippen LogP contribution in [0, 0.1) is 17.5 Å². The van der Waals surface area contributed by atoms with E-state index in [0.717, 1.165) is 11.8 Å². The van der Waals surface area contributed by atoms with Gasteiger partial charge in [0.25, 0.3) is 0 Å². The van der Waals surface area contributed by atoms with E-state index in [2.05, 4.69) is 10.3 Å². The number of anilines is 1. The summed E-state index contributed by atoms with van der Waals surface area (Å²) < 4.78 is 39.0. The molecular weight excluding hydrogens is 249 g/mol. The molecule has 1 heterocycles. The molecule has 2 rings (SSSR count). The summed E-state index contributed by atoms with van der Waals surface area (Å²) in [5.74, 6) is -2.36. The Bertz CT molecular complexity index is 486. The number of hydrogen-bond acceptors (Lipinski definition) is 3. The van der Waals surface area contributed by atoms with Gasteiger partial charge >= 0.3 is 0 Å². The normalized spacial score (nSPS) is 18.1. The summed E-state index contributed by atoms with van der Waals surface area (Å²) in [6, 6.07) is 1.31. The zero-order valence-electron chi connectivity index (χ0n) is 9.35. The van der Waals surface area contributed by atoms with Crippen molar-refractivity contribution in [3.63, 3.8) is 0 Å². The maximum Gasteiger partial charge on any atom is 0.161 e. The van der Waals surface area contributed by atoms with E-state index in [9.17, 15) is 13.2 Å². The highest BCUT2D eigenvalue weighted by molar-refractivity contribution is 8.14. The van der Waals surface area contributed by atoms with Crippen molar-refractivity contribution in [2.45, 2.75) is 19.4 Å². The van der Waals surface area contributed by atoms with Gasteiger partial charge in [-0.25, -0.2) is 13.2 Å². The van der Waals surface area contributed by atoms with E-state index >= 15 is 0 Å². The lowest BCUT2D eigenvalue weighted by Crippen LogP contribution is -2.15.